The molecule has 0 atom stereocenters. The normalized spacial score (nSPS) is 17.1. The summed E-state index contributed by atoms with van der Waals surface area (Å²) in [7, 11) is 0.227. The van der Waals surface area contributed by atoms with E-state index in [-0.39, 0.29) is 17.2 Å². The van der Waals surface area contributed by atoms with Crippen molar-refractivity contribution in [1.82, 2.24) is 19.2 Å². The summed E-state index contributed by atoms with van der Waals surface area (Å²) in [5.41, 5.74) is 3.81. The Bertz CT molecular complexity index is 1340. The predicted octanol–water partition coefficient (Wildman–Crippen LogP) is 2.34. The van der Waals surface area contributed by atoms with Gasteiger partial charge in [0.1, 0.15) is 0 Å². The van der Waals surface area contributed by atoms with Gasteiger partial charge in [0.25, 0.3) is 0 Å². The molecule has 0 radical (unpaired) electrons. The van der Waals surface area contributed by atoms with Gasteiger partial charge in [0.2, 0.25) is 21.9 Å². The highest BCUT2D eigenvalue weighted by atomic mass is 32.2. The molecule has 5 rings (SSSR count). The summed E-state index contributed by atoms with van der Waals surface area (Å²) < 4.78 is 27.4. The first-order chi connectivity index (χ1) is 16.3. The Kier molecular flexibility index (Phi) is 5.80. The van der Waals surface area contributed by atoms with Gasteiger partial charge in [-0.2, -0.15) is 4.31 Å². The second kappa shape index (κ2) is 8.79. The van der Waals surface area contributed by atoms with Gasteiger partial charge in [-0.3, -0.25) is 4.79 Å². The summed E-state index contributed by atoms with van der Waals surface area (Å²) in [6.07, 6.45) is 1.89. The Hall–Kier alpha value is -3.34. The van der Waals surface area contributed by atoms with Crippen LogP contribution in [0.5, 0.6) is 0 Å². The van der Waals surface area contributed by atoms with Gasteiger partial charge in [0.15, 0.2) is 0 Å². The van der Waals surface area contributed by atoms with Crippen molar-refractivity contribution >= 4 is 33.3 Å². The van der Waals surface area contributed by atoms with E-state index in [1.54, 1.807) is 42.4 Å². The van der Waals surface area contributed by atoms with E-state index in [1.165, 1.54) is 4.31 Å². The first-order valence-electron chi connectivity index (χ1n) is 11.1. The van der Waals surface area contributed by atoms with Crippen LogP contribution in [0.25, 0.3) is 11.3 Å². The number of fused-ring (bicyclic) bond motifs is 3. The van der Waals surface area contributed by atoms with E-state index >= 15 is 0 Å². The topological polar surface area (TPSA) is 98.7 Å². The number of piperazine rings is 1. The Morgan fingerprint density at radius 3 is 2.38 bits per heavy atom. The third-order valence-corrected chi connectivity index (χ3v) is 8.22. The second-order valence-corrected chi connectivity index (χ2v) is 10.5. The minimum absolute atomic E-state index is 0.0207. The van der Waals surface area contributed by atoms with Gasteiger partial charge in [-0.05, 0) is 37.4 Å². The van der Waals surface area contributed by atoms with Crippen molar-refractivity contribution in [2.45, 2.75) is 11.3 Å². The largest absolute Gasteiger partial charge is 0.324 e. The lowest BCUT2D eigenvalue weighted by atomic mass is 10.1. The lowest BCUT2D eigenvalue weighted by molar-refractivity contribution is -0.117. The number of carbonyl (C=O) groups is 1. The van der Waals surface area contributed by atoms with Crippen molar-refractivity contribution in [1.29, 1.82) is 0 Å². The molecule has 1 N–H and O–H groups in total. The van der Waals surface area contributed by atoms with Crippen LogP contribution in [0.4, 0.5) is 17.3 Å². The van der Waals surface area contributed by atoms with Crippen LogP contribution in [0, 0.1) is 0 Å². The fourth-order valence-corrected chi connectivity index (χ4v) is 5.65. The van der Waals surface area contributed by atoms with Gasteiger partial charge in [-0.25, -0.2) is 18.4 Å². The average molecular weight is 479 g/mol. The van der Waals surface area contributed by atoms with E-state index in [0.717, 1.165) is 29.9 Å². The molecule has 3 heterocycles. The zero-order valence-corrected chi connectivity index (χ0v) is 19.9. The molecule has 9 nitrogen and oxygen atoms in total. The highest BCUT2D eigenvalue weighted by molar-refractivity contribution is 7.89. The van der Waals surface area contributed by atoms with Crippen molar-refractivity contribution in [2.24, 2.45) is 0 Å². The second-order valence-electron chi connectivity index (χ2n) is 8.57. The number of amides is 1. The fraction of sp³-hybridized carbons (Fsp3) is 0.292. The molecule has 1 amide bonds. The van der Waals surface area contributed by atoms with Crippen LogP contribution in [-0.2, 0) is 21.2 Å². The highest BCUT2D eigenvalue weighted by Crippen LogP contribution is 2.35. The number of aromatic nitrogens is 2. The smallest absolute Gasteiger partial charge is 0.243 e. The van der Waals surface area contributed by atoms with E-state index in [0.29, 0.717) is 30.4 Å². The maximum atomic E-state index is 13.0. The Balaban J connectivity index is 1.39. The first-order valence-corrected chi connectivity index (χ1v) is 12.5. The molecule has 176 valence electrons. The first kappa shape index (κ1) is 22.5. The molecule has 3 aromatic rings. The number of nitrogens with zero attached hydrogens (tertiary/aromatic N) is 5. The zero-order chi connectivity index (χ0) is 23.9. The summed E-state index contributed by atoms with van der Waals surface area (Å²) in [4.78, 5) is 25.7. The molecule has 0 unspecified atom stereocenters. The van der Waals surface area contributed by atoms with Crippen LogP contribution in [-0.4, -0.2) is 73.8 Å². The summed E-state index contributed by atoms with van der Waals surface area (Å²) in [6.45, 7) is 2.42. The van der Waals surface area contributed by atoms with Crippen molar-refractivity contribution in [3.8, 4) is 11.3 Å². The van der Waals surface area contributed by atoms with Crippen molar-refractivity contribution in [3.63, 3.8) is 0 Å². The summed E-state index contributed by atoms with van der Waals surface area (Å²) in [5, 5.41) is 3.16. The fourth-order valence-electron chi connectivity index (χ4n) is 4.23. The van der Waals surface area contributed by atoms with Crippen LogP contribution in [0.3, 0.4) is 0 Å². The van der Waals surface area contributed by atoms with Crippen LogP contribution in [0.2, 0.25) is 0 Å². The van der Waals surface area contributed by atoms with Gasteiger partial charge >= 0.3 is 0 Å². The molecule has 10 heteroatoms. The van der Waals surface area contributed by atoms with Crippen molar-refractivity contribution < 1.29 is 13.2 Å². The molecular formula is C24H26N6O3S. The molecule has 2 aliphatic heterocycles. The van der Waals surface area contributed by atoms with Crippen LogP contribution in [0.1, 0.15) is 5.56 Å². The highest BCUT2D eigenvalue weighted by Gasteiger charge is 2.28. The standard InChI is InChI=1S/C24H26N6O3S/c1-28-11-13-30(14-12-28)34(32,33)19-9-7-18(8-10-19)26-24-25-16-17-15-22(31)29(2)21-6-4-3-5-20(21)23(17)27-24/h3-10,16H,11-15H2,1-2H3,(H,25,26,27). The number of sulfonamides is 1. The number of anilines is 3. The Morgan fingerprint density at radius 1 is 0.941 bits per heavy atom. The minimum Gasteiger partial charge on any atom is -0.324 e. The molecule has 2 aliphatic rings. The van der Waals surface area contributed by atoms with E-state index < -0.39 is 10.0 Å². The van der Waals surface area contributed by atoms with Gasteiger partial charge < -0.3 is 15.1 Å². The molecule has 0 bridgehead atoms. The predicted molar refractivity (Wildman–Crippen MR) is 131 cm³/mol. The van der Waals surface area contributed by atoms with Gasteiger partial charge in [0, 0.05) is 56.2 Å². The van der Waals surface area contributed by atoms with E-state index in [4.69, 9.17) is 4.98 Å². The SMILES string of the molecule is CN1CCN(S(=O)(=O)c2ccc(Nc3ncc4c(n3)-c3ccccc3N(C)C(=O)C4)cc2)CC1. The van der Waals surface area contributed by atoms with E-state index in [2.05, 4.69) is 15.2 Å². The van der Waals surface area contributed by atoms with Crippen LogP contribution >= 0.6 is 0 Å². The van der Waals surface area contributed by atoms with Gasteiger partial charge in [0.05, 0.1) is 22.7 Å². The van der Waals surface area contributed by atoms with E-state index in [1.807, 2.05) is 31.3 Å². The van der Waals surface area contributed by atoms with Crippen LogP contribution in [0.15, 0.2) is 59.6 Å². The molecule has 0 spiro atoms. The number of nitrogens with one attached hydrogen (secondary N) is 1. The third-order valence-electron chi connectivity index (χ3n) is 6.31. The molecule has 2 aromatic carbocycles. The number of likely N-dealkylation sites (N-methyl/N-ethyl adjacent to an activating group) is 2. The van der Waals surface area contributed by atoms with Crippen LogP contribution < -0.4 is 10.2 Å². The van der Waals surface area contributed by atoms with Crippen molar-refractivity contribution in [2.75, 3.05) is 50.5 Å². The number of benzene rings is 2. The Morgan fingerprint density at radius 2 is 1.65 bits per heavy atom. The molecular weight excluding hydrogens is 452 g/mol. The molecule has 0 saturated carbocycles. The molecule has 1 fully saturated rings. The molecule has 1 saturated heterocycles. The number of rotatable bonds is 4. The van der Waals surface area contributed by atoms with E-state index in [9.17, 15) is 13.2 Å². The van der Waals surface area contributed by atoms with Crippen molar-refractivity contribution in [3.05, 3.63) is 60.3 Å². The summed E-state index contributed by atoms with van der Waals surface area (Å²) >= 11 is 0. The molecule has 1 aromatic heterocycles. The average Bonchev–Trinajstić information content (AvgIpc) is 2.94. The van der Waals surface area contributed by atoms with Gasteiger partial charge in [-0.1, -0.05) is 18.2 Å². The number of hydrogen-bond donors (Lipinski definition) is 1. The maximum Gasteiger partial charge on any atom is 0.243 e. The molecule has 34 heavy (non-hydrogen) atoms. The number of hydrogen-bond acceptors (Lipinski definition) is 7. The zero-order valence-electron chi connectivity index (χ0n) is 19.1. The number of para-hydroxylation sites is 1. The summed E-state index contributed by atoms with van der Waals surface area (Å²) in [5.74, 6) is 0.355. The lowest BCUT2D eigenvalue weighted by Gasteiger charge is -2.31. The minimum atomic E-state index is -3.52. The lowest BCUT2D eigenvalue weighted by Crippen LogP contribution is -2.46. The maximum absolute atomic E-state index is 13.0. The quantitative estimate of drug-likeness (QED) is 0.615. The third kappa shape index (κ3) is 4.15. The van der Waals surface area contributed by atoms with Gasteiger partial charge in [-0.15, -0.1) is 0 Å². The number of carbonyl (C=O) groups excluding carboxylic acids is 1. The summed E-state index contributed by atoms with van der Waals surface area (Å²) in [6, 6.07) is 14.3. The molecule has 0 aliphatic carbocycles. The monoisotopic (exact) mass is 478 g/mol. The Labute approximate surface area is 199 Å².